The van der Waals surface area contributed by atoms with Crippen LogP contribution in [0.4, 0.5) is 0 Å². The van der Waals surface area contributed by atoms with Crippen LogP contribution in [-0.4, -0.2) is 82.5 Å². The van der Waals surface area contributed by atoms with Gasteiger partial charge < -0.3 is 19.6 Å². The summed E-state index contributed by atoms with van der Waals surface area (Å²) in [6, 6.07) is 19.3. The van der Waals surface area contributed by atoms with E-state index >= 15 is 0 Å². The fourth-order valence-corrected chi connectivity index (χ4v) is 6.94. The second kappa shape index (κ2) is 26.0. The van der Waals surface area contributed by atoms with Gasteiger partial charge in [0.1, 0.15) is 0 Å². The highest BCUT2D eigenvalue weighted by molar-refractivity contribution is 5.92. The number of rotatable bonds is 22. The Bertz CT molecular complexity index is 1550. The van der Waals surface area contributed by atoms with Gasteiger partial charge in [0.2, 0.25) is 11.8 Å². The van der Waals surface area contributed by atoms with Crippen molar-refractivity contribution in [3.05, 3.63) is 96.1 Å². The number of amides is 2. The average Bonchev–Trinajstić information content (AvgIpc) is 3.18. The Kier molecular flexibility index (Phi) is 21.1. The van der Waals surface area contributed by atoms with Crippen LogP contribution in [0.5, 0.6) is 0 Å². The van der Waals surface area contributed by atoms with Gasteiger partial charge in [-0.1, -0.05) is 98.5 Å². The van der Waals surface area contributed by atoms with E-state index in [9.17, 15) is 28.8 Å². The fraction of sp³-hybridized carbons (Fsp3) is 0.511. The van der Waals surface area contributed by atoms with E-state index in [1.165, 1.54) is 7.11 Å². The number of allylic oxidation sites excluding steroid dienone is 2. The predicted molar refractivity (Wildman–Crippen MR) is 213 cm³/mol. The third-order valence-corrected chi connectivity index (χ3v) is 9.97. The molecule has 0 aromatic heterocycles. The lowest BCUT2D eigenvalue weighted by Crippen LogP contribution is -2.43. The number of carbonyl (C=O) groups is 6. The maximum Gasteiger partial charge on any atom is 0.305 e. The predicted octanol–water partition coefficient (Wildman–Crippen LogP) is 7.63. The van der Waals surface area contributed by atoms with Gasteiger partial charge in [0.25, 0.3) is 0 Å². The zero-order chi connectivity index (χ0) is 39.7. The third-order valence-electron chi connectivity index (χ3n) is 9.97. The first-order valence-corrected chi connectivity index (χ1v) is 20.0. The molecule has 4 rings (SSSR count). The first-order valence-electron chi connectivity index (χ1n) is 20.0. The van der Waals surface area contributed by atoms with Crippen LogP contribution in [0.25, 0.3) is 0 Å². The van der Waals surface area contributed by atoms with Crippen LogP contribution in [0, 0.1) is 0 Å². The minimum Gasteiger partial charge on any atom is -0.481 e. The number of carboxylic acids is 1. The molecule has 0 bridgehead atoms. The highest BCUT2D eigenvalue weighted by Gasteiger charge is 2.27. The molecule has 2 fully saturated rings. The smallest absolute Gasteiger partial charge is 0.305 e. The quantitative estimate of drug-likeness (QED) is 0.0736. The number of ketones is 2. The monoisotopic (exact) mass is 756 g/mol. The van der Waals surface area contributed by atoms with Crippen LogP contribution in [0.2, 0.25) is 0 Å². The highest BCUT2D eigenvalue weighted by Crippen LogP contribution is 2.22. The van der Waals surface area contributed by atoms with Crippen LogP contribution < -0.4 is 0 Å². The Labute approximate surface area is 327 Å². The SMILES string of the molecule is COC(=O)CCCCCCN1C(=O)CCCC1/C=C/C(=O)Cc1ccccc1.O=C(O)CCCCCCN1C(=O)CCCC1/C=C/C(=O)Cc1ccccc1. The van der Waals surface area contributed by atoms with Crippen LogP contribution in [-0.2, 0) is 46.3 Å². The molecule has 2 aliphatic rings. The summed E-state index contributed by atoms with van der Waals surface area (Å²) in [4.78, 5) is 74.5. The minimum absolute atomic E-state index is 0.00927. The Hall–Kier alpha value is -4.86. The lowest BCUT2D eigenvalue weighted by atomic mass is 9.99. The number of piperidine rings is 2. The van der Waals surface area contributed by atoms with E-state index in [0.29, 0.717) is 51.6 Å². The Morgan fingerprint density at radius 3 is 1.47 bits per heavy atom. The second-order valence-electron chi connectivity index (χ2n) is 14.4. The van der Waals surface area contributed by atoms with Gasteiger partial charge in [0.05, 0.1) is 19.2 Å². The first kappa shape index (κ1) is 44.5. The van der Waals surface area contributed by atoms with Gasteiger partial charge >= 0.3 is 11.9 Å². The molecule has 0 aliphatic carbocycles. The van der Waals surface area contributed by atoms with Crippen molar-refractivity contribution in [2.45, 2.75) is 128 Å². The lowest BCUT2D eigenvalue weighted by molar-refractivity contribution is -0.141. The van der Waals surface area contributed by atoms with Crippen molar-refractivity contribution in [3.63, 3.8) is 0 Å². The number of likely N-dealkylation sites (tertiary alicyclic amines) is 2. The number of ether oxygens (including phenoxy) is 1. The van der Waals surface area contributed by atoms with Crippen molar-refractivity contribution in [2.75, 3.05) is 20.2 Å². The number of methoxy groups -OCH3 is 1. The molecule has 2 amide bonds. The van der Waals surface area contributed by atoms with Crippen molar-refractivity contribution in [2.24, 2.45) is 0 Å². The summed E-state index contributed by atoms with van der Waals surface area (Å²) in [7, 11) is 1.41. The Morgan fingerprint density at radius 2 is 1.05 bits per heavy atom. The molecule has 0 spiro atoms. The van der Waals surface area contributed by atoms with E-state index < -0.39 is 5.97 Å². The number of carboxylic acid groups (broad SMARTS) is 1. The molecule has 2 aromatic carbocycles. The van der Waals surface area contributed by atoms with Crippen molar-refractivity contribution in [3.8, 4) is 0 Å². The topological polar surface area (TPSA) is 138 Å². The van der Waals surface area contributed by atoms with Crippen molar-refractivity contribution < 1.29 is 38.6 Å². The third kappa shape index (κ3) is 18.4. The molecule has 2 aliphatic heterocycles. The summed E-state index contributed by atoms with van der Waals surface area (Å²) >= 11 is 0. The molecule has 0 radical (unpaired) electrons. The van der Waals surface area contributed by atoms with Gasteiger partial charge in [0, 0.05) is 51.6 Å². The van der Waals surface area contributed by atoms with Crippen molar-refractivity contribution >= 4 is 35.3 Å². The number of nitrogens with zero attached hydrogens (tertiary/aromatic N) is 2. The Morgan fingerprint density at radius 1 is 0.636 bits per heavy atom. The summed E-state index contributed by atoms with van der Waals surface area (Å²) < 4.78 is 4.64. The van der Waals surface area contributed by atoms with E-state index in [1.54, 1.807) is 12.2 Å². The molecule has 2 atom stereocenters. The second-order valence-corrected chi connectivity index (χ2v) is 14.4. The average molecular weight is 757 g/mol. The molecule has 10 nitrogen and oxygen atoms in total. The number of hydrogen-bond acceptors (Lipinski definition) is 7. The van der Waals surface area contributed by atoms with Crippen molar-refractivity contribution in [1.29, 1.82) is 0 Å². The number of unbranched alkanes of at least 4 members (excludes halogenated alkanes) is 6. The summed E-state index contributed by atoms with van der Waals surface area (Å²) in [5.41, 5.74) is 1.99. The number of benzene rings is 2. The molecule has 2 saturated heterocycles. The summed E-state index contributed by atoms with van der Waals surface area (Å²) in [5.74, 6) is -0.495. The van der Waals surface area contributed by atoms with Gasteiger partial charge in [-0.2, -0.15) is 0 Å². The zero-order valence-electron chi connectivity index (χ0n) is 32.6. The molecule has 2 heterocycles. The molecule has 10 heteroatoms. The number of aliphatic carboxylic acids is 1. The molecule has 298 valence electrons. The maximum absolute atomic E-state index is 12.3. The Balaban J connectivity index is 0.000000296. The standard InChI is InChI=1S/C23H31NO4.C22H29NO4/c1-28-23(27)14-7-2-3-8-17-24-20(12-9-13-22(24)26)15-16-21(25)18-19-10-5-4-6-11-19;24-20(17-18-9-4-3-5-10-18)15-14-19-11-8-12-21(25)23(19)16-7-2-1-6-13-22(26)27/h4-6,10-11,15-16,20H,2-3,7-9,12-14,17-18H2,1H3;3-5,9-10,14-15,19H,1-2,6-8,11-13,16-17H2,(H,26,27)/b16-15+;15-14+. The highest BCUT2D eigenvalue weighted by atomic mass is 16.5. The molecule has 2 unspecified atom stereocenters. The van der Waals surface area contributed by atoms with Gasteiger partial charge in [-0.3, -0.25) is 28.8 Å². The summed E-state index contributed by atoms with van der Waals surface area (Å²) in [5, 5.41) is 8.65. The molecular weight excluding hydrogens is 697 g/mol. The van der Waals surface area contributed by atoms with E-state index in [-0.39, 0.29) is 47.9 Å². The zero-order valence-corrected chi connectivity index (χ0v) is 32.6. The summed E-state index contributed by atoms with van der Waals surface area (Å²) in [6.45, 7) is 1.38. The number of hydrogen-bond donors (Lipinski definition) is 1. The van der Waals surface area contributed by atoms with Crippen LogP contribution in [0.15, 0.2) is 85.0 Å². The van der Waals surface area contributed by atoms with Gasteiger partial charge in [0.15, 0.2) is 11.6 Å². The van der Waals surface area contributed by atoms with E-state index in [2.05, 4.69) is 4.74 Å². The van der Waals surface area contributed by atoms with E-state index in [4.69, 9.17) is 5.11 Å². The normalized spacial score (nSPS) is 17.3. The lowest BCUT2D eigenvalue weighted by Gasteiger charge is -2.34. The van der Waals surface area contributed by atoms with E-state index in [1.807, 2.05) is 82.6 Å². The van der Waals surface area contributed by atoms with Gasteiger partial charge in [-0.05, 0) is 74.6 Å². The molecule has 1 N–H and O–H groups in total. The number of carbonyl (C=O) groups excluding carboxylic acids is 5. The first-order chi connectivity index (χ1) is 26.7. The van der Waals surface area contributed by atoms with Crippen LogP contribution in [0.1, 0.15) is 114 Å². The molecule has 55 heavy (non-hydrogen) atoms. The molecule has 0 saturated carbocycles. The molecular formula is C45H60N2O8. The van der Waals surface area contributed by atoms with Gasteiger partial charge in [-0.25, -0.2) is 0 Å². The van der Waals surface area contributed by atoms with E-state index in [0.717, 1.165) is 81.8 Å². The largest absolute Gasteiger partial charge is 0.481 e. The summed E-state index contributed by atoms with van der Waals surface area (Å²) in [6.07, 6.45) is 20.1. The fourth-order valence-electron chi connectivity index (χ4n) is 6.94. The number of esters is 1. The van der Waals surface area contributed by atoms with Gasteiger partial charge in [-0.15, -0.1) is 0 Å². The molecule has 2 aromatic rings. The maximum atomic E-state index is 12.3. The minimum atomic E-state index is -0.758. The van der Waals surface area contributed by atoms with Crippen LogP contribution in [0.3, 0.4) is 0 Å². The van der Waals surface area contributed by atoms with Crippen molar-refractivity contribution in [1.82, 2.24) is 9.80 Å². The van der Waals surface area contributed by atoms with Crippen LogP contribution >= 0.6 is 0 Å².